The average molecular weight is 469 g/mol. The van der Waals surface area contributed by atoms with Gasteiger partial charge >= 0.3 is 0 Å². The third-order valence-corrected chi connectivity index (χ3v) is 8.13. The molecule has 2 aliphatic heterocycles. The summed E-state index contributed by atoms with van der Waals surface area (Å²) in [5.74, 6) is 0.752. The van der Waals surface area contributed by atoms with Crippen LogP contribution in [-0.4, -0.2) is 72.1 Å². The predicted octanol–water partition coefficient (Wildman–Crippen LogP) is 3.55. The molecule has 2 saturated heterocycles. The molecule has 6 nitrogen and oxygen atoms in total. The third kappa shape index (κ3) is 4.83. The number of hydrogen-bond acceptors (Lipinski definition) is 6. The summed E-state index contributed by atoms with van der Waals surface area (Å²) < 4.78 is 0. The van der Waals surface area contributed by atoms with Crippen LogP contribution in [0.4, 0.5) is 5.95 Å². The Hall–Kier alpha value is -2.80. The highest BCUT2D eigenvalue weighted by Crippen LogP contribution is 2.46. The number of nitrogens with one attached hydrogen (secondary N) is 2. The number of anilines is 1. The minimum atomic E-state index is 0.232. The van der Waals surface area contributed by atoms with Gasteiger partial charge in [0.15, 0.2) is 0 Å². The van der Waals surface area contributed by atoms with E-state index in [-0.39, 0.29) is 5.41 Å². The van der Waals surface area contributed by atoms with E-state index in [0.29, 0.717) is 0 Å². The highest BCUT2D eigenvalue weighted by atomic mass is 15.3. The number of rotatable bonds is 6. The summed E-state index contributed by atoms with van der Waals surface area (Å²) in [5, 5.41) is 7.04. The van der Waals surface area contributed by atoms with E-state index < -0.39 is 0 Å². The first-order valence-corrected chi connectivity index (χ1v) is 13.2. The summed E-state index contributed by atoms with van der Waals surface area (Å²) in [5.41, 5.74) is 6.83. The molecule has 182 valence electrons. The van der Waals surface area contributed by atoms with E-state index in [1.165, 1.54) is 35.1 Å². The molecule has 6 rings (SSSR count). The summed E-state index contributed by atoms with van der Waals surface area (Å²) in [6.45, 7) is 9.59. The number of benzene rings is 2. The van der Waals surface area contributed by atoms with Gasteiger partial charge in [-0.15, -0.1) is 0 Å². The molecule has 2 N–H and O–H groups in total. The van der Waals surface area contributed by atoms with Crippen LogP contribution in [0.3, 0.4) is 0 Å². The van der Waals surface area contributed by atoms with Crippen molar-refractivity contribution in [3.63, 3.8) is 0 Å². The highest BCUT2D eigenvalue weighted by Gasteiger charge is 2.40. The molecule has 3 aromatic rings. The van der Waals surface area contributed by atoms with Crippen LogP contribution in [0.5, 0.6) is 0 Å². The second-order valence-corrected chi connectivity index (χ2v) is 10.4. The largest absolute Gasteiger partial charge is 0.353 e. The standard InChI is InChI=1S/C29H36N6/c1-2-6-23(7-3-1)22-35-18-16-34(17-19-35)15-14-31-28-32-21-24-20-29(10-12-30-13-11-29)26-9-5-4-8-25(26)27(24)33-28/h1-9,21,30H,10-20,22H2,(H,31,32,33). The fourth-order valence-electron chi connectivity index (χ4n) is 6.16. The monoisotopic (exact) mass is 468 g/mol. The molecule has 35 heavy (non-hydrogen) atoms. The number of nitrogens with zero attached hydrogens (tertiary/aromatic N) is 4. The van der Waals surface area contributed by atoms with E-state index in [0.717, 1.165) is 77.0 Å². The molecule has 0 atom stereocenters. The summed E-state index contributed by atoms with van der Waals surface area (Å²) >= 11 is 0. The molecular weight excluding hydrogens is 432 g/mol. The molecule has 1 aromatic heterocycles. The lowest BCUT2D eigenvalue weighted by Crippen LogP contribution is -2.47. The molecule has 3 heterocycles. The van der Waals surface area contributed by atoms with Crippen LogP contribution in [0.1, 0.15) is 29.5 Å². The summed E-state index contributed by atoms with van der Waals surface area (Å²) in [7, 11) is 0. The van der Waals surface area contributed by atoms with Crippen LogP contribution in [0.25, 0.3) is 11.3 Å². The van der Waals surface area contributed by atoms with Crippen LogP contribution < -0.4 is 10.6 Å². The van der Waals surface area contributed by atoms with E-state index in [4.69, 9.17) is 9.97 Å². The van der Waals surface area contributed by atoms with Crippen molar-refractivity contribution in [2.24, 2.45) is 0 Å². The Morgan fingerprint density at radius 3 is 2.46 bits per heavy atom. The maximum atomic E-state index is 5.01. The van der Waals surface area contributed by atoms with Gasteiger partial charge in [-0.2, -0.15) is 0 Å². The Morgan fingerprint density at radius 2 is 1.63 bits per heavy atom. The van der Waals surface area contributed by atoms with Crippen LogP contribution in [0.2, 0.25) is 0 Å². The summed E-state index contributed by atoms with van der Waals surface area (Å²) in [6.07, 6.45) is 5.49. The average Bonchev–Trinajstić information content (AvgIpc) is 2.91. The Kier molecular flexibility index (Phi) is 6.51. The Morgan fingerprint density at radius 1 is 0.886 bits per heavy atom. The Balaban J connectivity index is 1.06. The summed E-state index contributed by atoms with van der Waals surface area (Å²) in [6, 6.07) is 19.7. The van der Waals surface area contributed by atoms with Crippen LogP contribution in [0.15, 0.2) is 60.8 Å². The van der Waals surface area contributed by atoms with Crippen LogP contribution >= 0.6 is 0 Å². The molecule has 0 saturated carbocycles. The molecule has 2 fully saturated rings. The van der Waals surface area contributed by atoms with Gasteiger partial charge < -0.3 is 10.6 Å². The first-order chi connectivity index (χ1) is 17.3. The third-order valence-electron chi connectivity index (χ3n) is 8.13. The van der Waals surface area contributed by atoms with Crippen LogP contribution in [-0.2, 0) is 18.4 Å². The van der Waals surface area contributed by atoms with Gasteiger partial charge in [0.1, 0.15) is 0 Å². The van der Waals surface area contributed by atoms with Crippen LogP contribution in [0, 0.1) is 0 Å². The molecule has 3 aliphatic rings. The van der Waals surface area contributed by atoms with Crippen molar-refractivity contribution in [2.45, 2.75) is 31.2 Å². The van der Waals surface area contributed by atoms with Gasteiger partial charge in [-0.1, -0.05) is 54.6 Å². The molecule has 0 amide bonds. The highest BCUT2D eigenvalue weighted by molar-refractivity contribution is 5.72. The molecule has 0 unspecified atom stereocenters. The fourth-order valence-corrected chi connectivity index (χ4v) is 6.16. The minimum Gasteiger partial charge on any atom is -0.353 e. The lowest BCUT2D eigenvalue weighted by Gasteiger charge is -2.42. The van der Waals surface area contributed by atoms with Gasteiger partial charge in [-0.25, -0.2) is 9.97 Å². The minimum absolute atomic E-state index is 0.232. The number of piperidine rings is 1. The predicted molar refractivity (Wildman–Crippen MR) is 142 cm³/mol. The second kappa shape index (κ2) is 10.1. The Bertz CT molecular complexity index is 1130. The fraction of sp³-hybridized carbons (Fsp3) is 0.448. The molecule has 1 aliphatic carbocycles. The van der Waals surface area contributed by atoms with Gasteiger partial charge in [0.2, 0.25) is 5.95 Å². The van der Waals surface area contributed by atoms with Gasteiger partial charge in [0.05, 0.1) is 5.69 Å². The van der Waals surface area contributed by atoms with Gasteiger partial charge in [-0.05, 0) is 49.0 Å². The molecular formula is C29H36N6. The first kappa shape index (κ1) is 22.7. The lowest BCUT2D eigenvalue weighted by molar-refractivity contribution is 0.130. The van der Waals surface area contributed by atoms with Crippen molar-refractivity contribution in [2.75, 3.05) is 57.7 Å². The lowest BCUT2D eigenvalue weighted by atomic mass is 9.64. The topological polar surface area (TPSA) is 56.3 Å². The first-order valence-electron chi connectivity index (χ1n) is 13.2. The number of fused-ring (bicyclic) bond motifs is 4. The van der Waals surface area contributed by atoms with Crippen molar-refractivity contribution in [3.8, 4) is 11.3 Å². The molecule has 6 heteroatoms. The SMILES string of the molecule is c1ccc(CN2CCN(CCNc3ncc4c(n3)-c3ccccc3C3(CCNCC3)C4)CC2)cc1. The van der Waals surface area contributed by atoms with E-state index in [9.17, 15) is 0 Å². The molecule has 2 aromatic carbocycles. The van der Waals surface area contributed by atoms with Crippen molar-refractivity contribution in [1.82, 2.24) is 25.1 Å². The van der Waals surface area contributed by atoms with Gasteiger partial charge in [0, 0.05) is 63.0 Å². The van der Waals surface area contributed by atoms with Crippen molar-refractivity contribution < 1.29 is 0 Å². The number of piperazine rings is 1. The maximum absolute atomic E-state index is 5.01. The van der Waals surface area contributed by atoms with Crippen molar-refractivity contribution >= 4 is 5.95 Å². The van der Waals surface area contributed by atoms with Crippen molar-refractivity contribution in [3.05, 3.63) is 77.5 Å². The van der Waals surface area contributed by atoms with E-state index in [2.05, 4.69) is 81.2 Å². The zero-order chi connectivity index (χ0) is 23.5. The maximum Gasteiger partial charge on any atom is 0.223 e. The normalized spacial score (nSPS) is 19.8. The quantitative estimate of drug-likeness (QED) is 0.577. The smallest absolute Gasteiger partial charge is 0.223 e. The van der Waals surface area contributed by atoms with E-state index in [1.54, 1.807) is 0 Å². The molecule has 0 bridgehead atoms. The van der Waals surface area contributed by atoms with E-state index >= 15 is 0 Å². The van der Waals surface area contributed by atoms with Crippen molar-refractivity contribution in [1.29, 1.82) is 0 Å². The molecule has 0 radical (unpaired) electrons. The zero-order valence-corrected chi connectivity index (χ0v) is 20.5. The Labute approximate surface area is 208 Å². The van der Waals surface area contributed by atoms with Gasteiger partial charge in [0.25, 0.3) is 0 Å². The summed E-state index contributed by atoms with van der Waals surface area (Å²) in [4.78, 5) is 14.8. The zero-order valence-electron chi connectivity index (χ0n) is 20.5. The van der Waals surface area contributed by atoms with E-state index in [1.807, 2.05) is 0 Å². The molecule has 1 spiro atoms. The van der Waals surface area contributed by atoms with Gasteiger partial charge in [-0.3, -0.25) is 9.80 Å². The number of aromatic nitrogens is 2. The second-order valence-electron chi connectivity index (χ2n) is 10.4. The number of hydrogen-bond donors (Lipinski definition) is 2.